The van der Waals surface area contributed by atoms with Crippen molar-refractivity contribution in [1.82, 2.24) is 9.97 Å². The molecule has 2 aromatic carbocycles. The fourth-order valence-corrected chi connectivity index (χ4v) is 2.62. The number of esters is 1. The Hall–Kier alpha value is -3.32. The number of hydrogen-bond acceptors (Lipinski definition) is 7. The molecule has 1 heterocycles. The third-order valence-corrected chi connectivity index (χ3v) is 4.27. The van der Waals surface area contributed by atoms with E-state index in [1.54, 1.807) is 30.3 Å². The number of aromatic nitrogens is 2. The highest BCUT2D eigenvalue weighted by molar-refractivity contribution is 6.33. The van der Waals surface area contributed by atoms with Gasteiger partial charge in [-0.15, -0.1) is 0 Å². The van der Waals surface area contributed by atoms with E-state index in [1.165, 1.54) is 6.33 Å². The van der Waals surface area contributed by atoms with Crippen molar-refractivity contribution in [3.05, 3.63) is 65.4 Å². The van der Waals surface area contributed by atoms with Crippen LogP contribution in [0, 0.1) is 5.92 Å². The van der Waals surface area contributed by atoms with E-state index in [-0.39, 0.29) is 11.9 Å². The lowest BCUT2D eigenvalue weighted by Gasteiger charge is -2.13. The van der Waals surface area contributed by atoms with Gasteiger partial charge in [0, 0.05) is 5.69 Å². The minimum absolute atomic E-state index is 0.286. The van der Waals surface area contributed by atoms with Crippen LogP contribution in [0.4, 0.5) is 28.7 Å². The van der Waals surface area contributed by atoms with Gasteiger partial charge in [0.25, 0.3) is 0 Å². The van der Waals surface area contributed by atoms with Crippen molar-refractivity contribution in [3.8, 4) is 0 Å². The molecule has 0 fully saturated rings. The number of hydrogen-bond donors (Lipinski definition) is 3. The Labute approximate surface area is 174 Å². The molecule has 0 amide bonds. The molecule has 0 aliphatic rings. The van der Waals surface area contributed by atoms with Gasteiger partial charge in [0.15, 0.2) is 11.6 Å². The highest BCUT2D eigenvalue weighted by atomic mass is 35.5. The largest absolute Gasteiger partial charge is 0.462 e. The number of nitrogens with two attached hydrogens (primary N) is 1. The minimum atomic E-state index is -0.349. The maximum atomic E-state index is 12.0. The molecule has 3 aromatic rings. The number of nitrogens with one attached hydrogen (secondary N) is 2. The van der Waals surface area contributed by atoms with Crippen molar-refractivity contribution in [2.24, 2.45) is 5.92 Å². The molecule has 0 radical (unpaired) electrons. The van der Waals surface area contributed by atoms with Crippen molar-refractivity contribution in [1.29, 1.82) is 0 Å². The predicted octanol–water partition coefficient (Wildman–Crippen LogP) is 5.01. The molecule has 0 spiro atoms. The van der Waals surface area contributed by atoms with Crippen LogP contribution < -0.4 is 16.4 Å². The minimum Gasteiger partial charge on any atom is -0.462 e. The summed E-state index contributed by atoms with van der Waals surface area (Å²) in [5, 5.41) is 6.79. The van der Waals surface area contributed by atoms with Crippen LogP contribution in [-0.2, 0) is 4.74 Å². The van der Waals surface area contributed by atoms with Crippen molar-refractivity contribution < 1.29 is 9.53 Å². The molecule has 0 saturated heterocycles. The summed E-state index contributed by atoms with van der Waals surface area (Å²) in [6.45, 7) is 4.36. The zero-order valence-electron chi connectivity index (χ0n) is 16.1. The van der Waals surface area contributed by atoms with Gasteiger partial charge in [0.2, 0.25) is 0 Å². The molecule has 150 valence electrons. The Morgan fingerprint density at radius 1 is 1.07 bits per heavy atom. The summed E-state index contributed by atoms with van der Waals surface area (Å²) in [6, 6.07) is 14.2. The van der Waals surface area contributed by atoms with Crippen molar-refractivity contribution >= 4 is 46.3 Å². The summed E-state index contributed by atoms with van der Waals surface area (Å²) < 4.78 is 5.23. The summed E-state index contributed by atoms with van der Waals surface area (Å²) in [5.41, 5.74) is 8.44. The summed E-state index contributed by atoms with van der Waals surface area (Å²) >= 11 is 6.18. The Bertz CT molecular complexity index is 993. The molecule has 3 rings (SSSR count). The standard InChI is InChI=1S/C21H22ClN5O2/c1-13(2)11-29-21(28)14-7-9-15(10-8-14)26-19-18(23)20(25-12-24-19)27-17-6-4-3-5-16(17)22/h3-10,12-13H,11,23H2,1-2H3,(H2,24,25,26,27). The van der Waals surface area contributed by atoms with E-state index < -0.39 is 0 Å². The topological polar surface area (TPSA) is 102 Å². The smallest absolute Gasteiger partial charge is 0.338 e. The lowest BCUT2D eigenvalue weighted by atomic mass is 10.2. The van der Waals surface area contributed by atoms with Crippen LogP contribution >= 0.6 is 11.6 Å². The molecule has 4 N–H and O–H groups in total. The molecular weight excluding hydrogens is 390 g/mol. The molecule has 0 atom stereocenters. The fraction of sp³-hybridized carbons (Fsp3) is 0.190. The predicted molar refractivity (Wildman–Crippen MR) is 116 cm³/mol. The average molecular weight is 412 g/mol. The number of benzene rings is 2. The number of anilines is 5. The molecule has 0 aliphatic heterocycles. The van der Waals surface area contributed by atoms with Gasteiger partial charge in [-0.25, -0.2) is 14.8 Å². The maximum Gasteiger partial charge on any atom is 0.338 e. The van der Waals surface area contributed by atoms with Crippen LogP contribution in [0.3, 0.4) is 0 Å². The van der Waals surface area contributed by atoms with Gasteiger partial charge in [-0.2, -0.15) is 0 Å². The highest BCUT2D eigenvalue weighted by Gasteiger charge is 2.11. The normalized spacial score (nSPS) is 10.6. The first-order valence-electron chi connectivity index (χ1n) is 9.10. The number of carbonyl (C=O) groups excluding carboxylic acids is 1. The summed E-state index contributed by atoms with van der Waals surface area (Å²) in [5.74, 6) is 0.807. The number of nitrogen functional groups attached to an aromatic ring is 1. The fourth-order valence-electron chi connectivity index (χ4n) is 2.44. The Balaban J connectivity index is 1.72. The quantitative estimate of drug-likeness (QED) is 0.469. The van der Waals surface area contributed by atoms with Crippen LogP contribution in [0.2, 0.25) is 5.02 Å². The highest BCUT2D eigenvalue weighted by Crippen LogP contribution is 2.30. The van der Waals surface area contributed by atoms with Gasteiger partial charge < -0.3 is 21.1 Å². The second-order valence-electron chi connectivity index (χ2n) is 6.78. The molecule has 1 aromatic heterocycles. The van der Waals surface area contributed by atoms with Crippen LogP contribution in [0.25, 0.3) is 0 Å². The molecule has 0 bridgehead atoms. The molecule has 0 unspecified atom stereocenters. The molecule has 29 heavy (non-hydrogen) atoms. The molecule has 7 nitrogen and oxygen atoms in total. The van der Waals surface area contributed by atoms with Gasteiger partial charge in [-0.3, -0.25) is 0 Å². The van der Waals surface area contributed by atoms with E-state index in [0.29, 0.717) is 40.2 Å². The van der Waals surface area contributed by atoms with Crippen LogP contribution in [-0.4, -0.2) is 22.5 Å². The number of para-hydroxylation sites is 1. The first-order chi connectivity index (χ1) is 13.9. The second-order valence-corrected chi connectivity index (χ2v) is 7.19. The van der Waals surface area contributed by atoms with Gasteiger partial charge in [-0.1, -0.05) is 37.6 Å². The van der Waals surface area contributed by atoms with E-state index in [1.807, 2.05) is 32.0 Å². The lowest BCUT2D eigenvalue weighted by molar-refractivity contribution is 0.0459. The summed E-state index contributed by atoms with van der Waals surface area (Å²) in [6.07, 6.45) is 1.40. The number of rotatable bonds is 7. The van der Waals surface area contributed by atoms with Crippen molar-refractivity contribution in [2.45, 2.75) is 13.8 Å². The van der Waals surface area contributed by atoms with Crippen LogP contribution in [0.5, 0.6) is 0 Å². The summed E-state index contributed by atoms with van der Waals surface area (Å²) in [4.78, 5) is 20.4. The monoisotopic (exact) mass is 411 g/mol. The Morgan fingerprint density at radius 3 is 2.38 bits per heavy atom. The third-order valence-electron chi connectivity index (χ3n) is 3.94. The van der Waals surface area contributed by atoms with Crippen molar-refractivity contribution in [2.75, 3.05) is 23.0 Å². The maximum absolute atomic E-state index is 12.0. The second kappa shape index (κ2) is 9.25. The van der Waals surface area contributed by atoms with Gasteiger partial charge >= 0.3 is 5.97 Å². The molecule has 8 heteroatoms. The molecule has 0 saturated carbocycles. The van der Waals surface area contributed by atoms with Crippen LogP contribution in [0.15, 0.2) is 54.9 Å². The summed E-state index contributed by atoms with van der Waals surface area (Å²) in [7, 11) is 0. The molecule has 0 aliphatic carbocycles. The average Bonchev–Trinajstić information content (AvgIpc) is 2.71. The van der Waals surface area contributed by atoms with E-state index in [4.69, 9.17) is 22.1 Å². The number of nitrogens with zero attached hydrogens (tertiary/aromatic N) is 2. The van der Waals surface area contributed by atoms with Crippen molar-refractivity contribution in [3.63, 3.8) is 0 Å². The van der Waals surface area contributed by atoms with E-state index in [0.717, 1.165) is 5.69 Å². The van der Waals surface area contributed by atoms with E-state index in [2.05, 4.69) is 20.6 Å². The Kier molecular flexibility index (Phi) is 6.51. The first kappa shape index (κ1) is 20.4. The third kappa shape index (κ3) is 5.36. The zero-order valence-corrected chi connectivity index (χ0v) is 16.9. The van der Waals surface area contributed by atoms with Crippen LogP contribution in [0.1, 0.15) is 24.2 Å². The Morgan fingerprint density at radius 2 is 1.72 bits per heavy atom. The van der Waals surface area contributed by atoms with Gasteiger partial charge in [0.1, 0.15) is 12.0 Å². The van der Waals surface area contributed by atoms with Gasteiger partial charge in [-0.05, 0) is 42.3 Å². The SMILES string of the molecule is CC(C)COC(=O)c1ccc(Nc2ncnc(Nc3ccccc3Cl)c2N)cc1. The zero-order chi connectivity index (χ0) is 20.8. The van der Waals surface area contributed by atoms with E-state index in [9.17, 15) is 4.79 Å². The first-order valence-corrected chi connectivity index (χ1v) is 9.48. The molecular formula is C21H22ClN5O2. The van der Waals surface area contributed by atoms with Gasteiger partial charge in [0.05, 0.1) is 22.9 Å². The number of ether oxygens (including phenoxy) is 1. The number of carbonyl (C=O) groups is 1. The number of halogens is 1. The van der Waals surface area contributed by atoms with E-state index >= 15 is 0 Å². The lowest BCUT2D eigenvalue weighted by Crippen LogP contribution is -2.10.